The summed E-state index contributed by atoms with van der Waals surface area (Å²) in [6.45, 7) is 0. The van der Waals surface area contributed by atoms with Gasteiger partial charge in [0.05, 0.1) is 45.5 Å². The molecule has 6 heteroatoms. The van der Waals surface area contributed by atoms with E-state index in [4.69, 9.17) is 1.37 Å². The number of benzene rings is 17. The molecule has 636 valence electrons. The molecule has 0 amide bonds. The van der Waals surface area contributed by atoms with Gasteiger partial charge in [-0.15, -0.1) is 0 Å². The molecule has 11 aliphatic rings. The molecular weight excluding hydrogens is 1610 g/mol. The monoisotopic (exact) mass is 1710 g/mol. The first-order chi connectivity index (χ1) is 65.6. The van der Waals surface area contributed by atoms with Gasteiger partial charge in [0.1, 0.15) is 11.6 Å². The van der Waals surface area contributed by atoms with Crippen molar-refractivity contribution in [1.82, 2.24) is 18.3 Å². The molecule has 0 unspecified atom stereocenters. The summed E-state index contributed by atoms with van der Waals surface area (Å²) in [6.07, 6.45) is 19.6. The summed E-state index contributed by atoms with van der Waals surface area (Å²) in [5, 5.41) is 11.9. The van der Waals surface area contributed by atoms with Crippen LogP contribution in [0.2, 0.25) is 0 Å². The van der Waals surface area contributed by atoms with Crippen LogP contribution in [0.1, 0.15) is 131 Å². The van der Waals surface area contributed by atoms with E-state index in [2.05, 4.69) is 340 Å². The van der Waals surface area contributed by atoms with Crippen LogP contribution in [0, 0.1) is 59.0 Å². The quantitative estimate of drug-likeness (QED) is 0.137. The van der Waals surface area contributed by atoms with Gasteiger partial charge in [0.2, 0.25) is 0 Å². The summed E-state index contributed by atoms with van der Waals surface area (Å²) in [6, 6.07) is 129. The summed E-state index contributed by atoms with van der Waals surface area (Å²) >= 11 is 0. The lowest BCUT2D eigenvalue weighted by Gasteiger charge is -2.61. The number of halogens is 2. The predicted molar refractivity (Wildman–Crippen MR) is 542 cm³/mol. The van der Waals surface area contributed by atoms with E-state index in [0.29, 0.717) is 29.6 Å². The first-order valence-electron chi connectivity index (χ1n) is 49.4. The standard InChI is InChI=1S/C68H49FN2.C58H49FN2/c69-51-22-26-56-57-27-25-53(40-63(57)68(62(56)39-51)49-32-41-31-42(34-49)35-50(68)33-41)71-66-29-20-47(37-60(66)61-38-48(21-30-67(61)71)55-15-8-12-45-11-4-5-13-54(45)55)46-19-28-65-59(36-46)58-14-6-7-16-64(58)70(65)52-23-17-44(18-24-52)43-9-2-1-3-10-43;59-42-21-24-56-50(32-42)49-31-39(38-19-22-54-48(30-38)45-15-8-10-18-53(45)60(54)43-13-5-2-6-14-43)20-23-55(49)61(56)44-33-47(37-11-3-1-4-12-37)57-46-16-7-9-17-51(46)58(52(57)34-44)40-26-35-25-36(28-40)29-41(58)27-35/h1-30,36-42,49-50H,31-35H2;2,5-10,13-24,30-37,40-41H,1,3-4,11-12,25-29H2/i22D;. The zero-order valence-corrected chi connectivity index (χ0v) is 73.8. The van der Waals surface area contributed by atoms with E-state index in [9.17, 15) is 0 Å². The molecule has 9 fully saturated rings. The SMILES string of the molecule is Fc1ccc2c(c1)c1cc(-c3ccc4c(c3)c3ccccc3n4-c3ccccc3)ccc1n2-c1cc(C2CCCCC2)c2c(c1)C1(c3ccccc3-2)C2CC3CC(C2)CC1C3.[2H]c1cc2c(cc1F)C1(c3cc(-n4c5ccc(-c6ccc7c(c6)c6ccccc6n7-c6ccc(-c7ccccc7)cc6)cc5c5cc(-c6cccc7ccccc67)ccc54)ccc3-2)C2CC3CC(C2)CC1C3. The minimum atomic E-state index is -0.395. The largest absolute Gasteiger partial charge is 0.309 e. The van der Waals surface area contributed by atoms with Crippen LogP contribution in [0.3, 0.4) is 0 Å². The number of aromatic nitrogens is 4. The highest BCUT2D eigenvalue weighted by Crippen LogP contribution is 2.72. The van der Waals surface area contributed by atoms with Crippen LogP contribution in [0.25, 0.3) is 188 Å². The van der Waals surface area contributed by atoms with E-state index < -0.39 is 5.82 Å². The zero-order chi connectivity index (χ0) is 87.4. The highest BCUT2D eigenvalue weighted by molar-refractivity contribution is 6.16. The van der Waals surface area contributed by atoms with E-state index in [1.165, 1.54) is 223 Å². The van der Waals surface area contributed by atoms with Gasteiger partial charge in [-0.25, -0.2) is 8.78 Å². The van der Waals surface area contributed by atoms with Crippen molar-refractivity contribution in [3.05, 3.63) is 397 Å². The Morgan fingerprint density at radius 3 is 1.23 bits per heavy atom. The molecule has 132 heavy (non-hydrogen) atoms. The Balaban J connectivity index is 0.000000132. The van der Waals surface area contributed by atoms with Crippen LogP contribution in [0.5, 0.6) is 0 Å². The lowest BCUT2D eigenvalue weighted by atomic mass is 9.43. The first kappa shape index (κ1) is 74.8. The number of hydrogen-bond acceptors (Lipinski definition) is 0. The molecule has 17 aromatic carbocycles. The molecule has 4 heterocycles. The van der Waals surface area contributed by atoms with Crippen LogP contribution in [0.4, 0.5) is 8.78 Å². The van der Waals surface area contributed by atoms with Crippen molar-refractivity contribution in [3.63, 3.8) is 0 Å². The highest BCUT2D eigenvalue weighted by atomic mass is 19.1. The van der Waals surface area contributed by atoms with Crippen LogP contribution in [0.15, 0.2) is 358 Å². The number of rotatable bonds is 9. The summed E-state index contributed by atoms with van der Waals surface area (Å²) in [5.41, 5.74) is 36.1. The molecule has 0 aliphatic heterocycles. The Hall–Kier alpha value is -13.9. The minimum Gasteiger partial charge on any atom is -0.309 e. The van der Waals surface area contributed by atoms with E-state index in [1.54, 1.807) is 40.5 Å². The van der Waals surface area contributed by atoms with Gasteiger partial charge in [0.15, 0.2) is 0 Å². The second-order valence-corrected chi connectivity index (χ2v) is 41.0. The van der Waals surface area contributed by atoms with Gasteiger partial charge in [0, 0.05) is 76.7 Å². The highest BCUT2D eigenvalue weighted by Gasteiger charge is 2.64. The molecule has 0 radical (unpaired) electrons. The molecule has 2 spiro atoms. The first-order valence-corrected chi connectivity index (χ1v) is 48.9. The van der Waals surface area contributed by atoms with E-state index in [1.807, 2.05) is 12.1 Å². The fourth-order valence-electron chi connectivity index (χ4n) is 29.8. The average Bonchev–Trinajstić information content (AvgIpc) is 1.53. The Labute approximate surface area is 768 Å². The van der Waals surface area contributed by atoms with Gasteiger partial charge >= 0.3 is 0 Å². The third-order valence-electron chi connectivity index (χ3n) is 34.6. The van der Waals surface area contributed by atoms with Crippen LogP contribution in [-0.2, 0) is 10.8 Å². The third kappa shape index (κ3) is 11.0. The molecule has 32 rings (SSSR count). The van der Waals surface area contributed by atoms with Gasteiger partial charge in [-0.3, -0.25) is 0 Å². The summed E-state index contributed by atoms with van der Waals surface area (Å²) < 4.78 is 49.6. The molecular formula is C126H98F2N4. The molecule has 4 nitrogen and oxygen atoms in total. The topological polar surface area (TPSA) is 19.7 Å². The van der Waals surface area contributed by atoms with Gasteiger partial charge in [-0.2, -0.15) is 0 Å². The Morgan fingerprint density at radius 2 is 0.644 bits per heavy atom. The van der Waals surface area contributed by atoms with E-state index >= 15 is 8.78 Å². The van der Waals surface area contributed by atoms with Gasteiger partial charge in [0.25, 0.3) is 0 Å². The molecule has 8 bridgehead atoms. The summed E-state index contributed by atoms with van der Waals surface area (Å²) in [7, 11) is 0. The molecule has 4 aromatic heterocycles. The van der Waals surface area contributed by atoms with Crippen molar-refractivity contribution in [1.29, 1.82) is 0 Å². The van der Waals surface area contributed by atoms with Crippen LogP contribution >= 0.6 is 0 Å². The van der Waals surface area contributed by atoms with Crippen molar-refractivity contribution in [2.24, 2.45) is 47.3 Å². The predicted octanol–water partition coefficient (Wildman–Crippen LogP) is 33.4. The van der Waals surface area contributed by atoms with Crippen molar-refractivity contribution in [2.45, 2.75) is 113 Å². The number of hydrogen-bond donors (Lipinski definition) is 0. The van der Waals surface area contributed by atoms with Crippen molar-refractivity contribution >= 4 is 98.0 Å². The minimum absolute atomic E-state index is 0.0106. The van der Waals surface area contributed by atoms with Gasteiger partial charge in [-0.1, -0.05) is 226 Å². The second kappa shape index (κ2) is 28.8. The number of nitrogens with zero attached hydrogens (tertiary/aromatic N) is 4. The van der Waals surface area contributed by atoms with Gasteiger partial charge in [-0.05, 0) is 387 Å². The van der Waals surface area contributed by atoms with Crippen LogP contribution in [-0.4, -0.2) is 18.3 Å². The number of fused-ring (bicyclic) bond motifs is 19. The summed E-state index contributed by atoms with van der Waals surface area (Å²) in [5.74, 6) is 5.69. The zero-order valence-electron chi connectivity index (χ0n) is 74.8. The smallest absolute Gasteiger partial charge is 0.123 e. The molecule has 0 saturated heterocycles. The van der Waals surface area contributed by atoms with Crippen molar-refractivity contribution < 1.29 is 10.2 Å². The molecule has 11 aliphatic carbocycles. The lowest BCUT2D eigenvalue weighted by molar-refractivity contribution is -0.0400. The third-order valence-corrected chi connectivity index (χ3v) is 34.6. The maximum Gasteiger partial charge on any atom is 0.123 e. The fourth-order valence-corrected chi connectivity index (χ4v) is 29.8. The Bertz CT molecular complexity index is 8440. The van der Waals surface area contributed by atoms with Crippen molar-refractivity contribution in [3.8, 4) is 89.5 Å². The van der Waals surface area contributed by atoms with E-state index in [0.717, 1.165) is 90.3 Å². The number of para-hydroxylation sites is 3. The summed E-state index contributed by atoms with van der Waals surface area (Å²) in [4.78, 5) is 0. The fraction of sp³-hybridized carbons (Fsp3) is 0.206. The van der Waals surface area contributed by atoms with Crippen LogP contribution < -0.4 is 0 Å². The Morgan fingerprint density at radius 1 is 0.242 bits per heavy atom. The maximum atomic E-state index is 15.7. The molecule has 0 N–H and O–H groups in total. The normalized spacial score (nSPS) is 22.5. The molecule has 21 aromatic rings. The lowest BCUT2D eigenvalue weighted by Crippen LogP contribution is -2.55. The van der Waals surface area contributed by atoms with E-state index in [-0.39, 0.29) is 22.7 Å². The van der Waals surface area contributed by atoms with Gasteiger partial charge < -0.3 is 18.3 Å². The molecule has 0 atom stereocenters. The van der Waals surface area contributed by atoms with Crippen molar-refractivity contribution in [2.75, 3.05) is 0 Å². The maximum absolute atomic E-state index is 15.7. The second-order valence-electron chi connectivity index (χ2n) is 41.0. The Kier molecular flexibility index (Phi) is 16.3. The average molecular weight is 1710 g/mol. The molecule has 9 saturated carbocycles.